The van der Waals surface area contributed by atoms with Crippen molar-refractivity contribution < 1.29 is 28.7 Å². The summed E-state index contributed by atoms with van der Waals surface area (Å²) >= 11 is 1.53. The van der Waals surface area contributed by atoms with Crippen molar-refractivity contribution in [2.24, 2.45) is 0 Å². The quantitative estimate of drug-likeness (QED) is 0.378. The minimum absolute atomic E-state index is 0.185. The molecule has 8 nitrogen and oxygen atoms in total. The molecule has 0 saturated heterocycles. The van der Waals surface area contributed by atoms with Crippen LogP contribution in [0.4, 0.5) is 0 Å². The number of carbonyl (C=O) groups is 4. The van der Waals surface area contributed by atoms with Gasteiger partial charge in [0, 0.05) is 11.3 Å². The third kappa shape index (κ3) is 6.71. The number of hydrogen-bond donors (Lipinski definition) is 2. The Kier molecular flexibility index (Phi) is 9.72. The molecule has 2 N–H and O–H groups in total. The second-order valence-corrected chi connectivity index (χ2v) is 8.45. The molecule has 0 fully saturated rings. The van der Waals surface area contributed by atoms with Crippen LogP contribution in [0.1, 0.15) is 62.7 Å². The number of esters is 2. The van der Waals surface area contributed by atoms with Gasteiger partial charge in [-0.15, -0.1) is 0 Å². The summed E-state index contributed by atoms with van der Waals surface area (Å²) < 4.78 is 10.5. The molecule has 33 heavy (non-hydrogen) atoms. The van der Waals surface area contributed by atoms with Gasteiger partial charge in [0.2, 0.25) is 5.78 Å². The minimum atomic E-state index is -1.12. The lowest BCUT2D eigenvalue weighted by atomic mass is 10.1. The van der Waals surface area contributed by atoms with E-state index in [4.69, 9.17) is 9.47 Å². The fourth-order valence-electron chi connectivity index (χ4n) is 3.33. The number of benzene rings is 1. The molecule has 9 heteroatoms. The highest BCUT2D eigenvalue weighted by molar-refractivity contribution is 7.98. The van der Waals surface area contributed by atoms with Crippen LogP contribution in [0.3, 0.4) is 0 Å². The lowest BCUT2D eigenvalue weighted by Crippen LogP contribution is -2.44. The maximum atomic E-state index is 13.0. The zero-order valence-corrected chi connectivity index (χ0v) is 20.3. The van der Waals surface area contributed by atoms with Gasteiger partial charge in [-0.2, -0.15) is 11.8 Å². The van der Waals surface area contributed by atoms with E-state index in [0.29, 0.717) is 34.6 Å². The Morgan fingerprint density at radius 3 is 2.39 bits per heavy atom. The van der Waals surface area contributed by atoms with Crippen molar-refractivity contribution in [2.75, 3.05) is 18.6 Å². The molecule has 1 heterocycles. The lowest BCUT2D eigenvalue weighted by Gasteiger charge is -2.20. The standard InChI is InChI=1S/C24H30N2O6S/c1-6-31-24(30)19-14(2)20(25-15(19)3)21(27)16(4)32-23(29)18(12-13-33-5)26-22(28)17-10-8-7-9-11-17/h7-11,16,18,25H,6,12-13H2,1-5H3,(H,26,28)/t16-,18+/m0/s1. The molecule has 0 bridgehead atoms. The van der Waals surface area contributed by atoms with Gasteiger partial charge in [-0.25, -0.2) is 9.59 Å². The Hall–Kier alpha value is -3.07. The van der Waals surface area contributed by atoms with Gasteiger partial charge in [-0.1, -0.05) is 18.2 Å². The van der Waals surface area contributed by atoms with E-state index in [-0.39, 0.29) is 12.3 Å². The number of thioether (sulfide) groups is 1. The summed E-state index contributed by atoms with van der Waals surface area (Å²) in [6.45, 7) is 6.69. The van der Waals surface area contributed by atoms with Gasteiger partial charge >= 0.3 is 11.9 Å². The molecule has 0 spiro atoms. The summed E-state index contributed by atoms with van der Waals surface area (Å²) in [6.07, 6.45) is 1.13. The maximum absolute atomic E-state index is 13.0. The van der Waals surface area contributed by atoms with Crippen molar-refractivity contribution in [1.82, 2.24) is 10.3 Å². The van der Waals surface area contributed by atoms with Crippen molar-refractivity contribution in [3.8, 4) is 0 Å². The van der Waals surface area contributed by atoms with Gasteiger partial charge in [0.1, 0.15) is 6.04 Å². The molecule has 0 radical (unpaired) electrons. The second kappa shape index (κ2) is 12.2. The summed E-state index contributed by atoms with van der Waals surface area (Å²) in [6, 6.07) is 7.65. The molecule has 2 rings (SSSR count). The summed E-state index contributed by atoms with van der Waals surface area (Å²) in [7, 11) is 0. The zero-order valence-electron chi connectivity index (χ0n) is 19.5. The Morgan fingerprint density at radius 2 is 1.79 bits per heavy atom. The van der Waals surface area contributed by atoms with Gasteiger partial charge in [-0.3, -0.25) is 9.59 Å². The van der Waals surface area contributed by atoms with Crippen LogP contribution < -0.4 is 5.32 Å². The Morgan fingerprint density at radius 1 is 1.12 bits per heavy atom. The molecule has 2 atom stereocenters. The third-order valence-corrected chi connectivity index (χ3v) is 5.71. The van der Waals surface area contributed by atoms with Crippen LogP contribution in [0.5, 0.6) is 0 Å². The van der Waals surface area contributed by atoms with Crippen molar-refractivity contribution in [3.05, 3.63) is 58.4 Å². The van der Waals surface area contributed by atoms with Crippen molar-refractivity contribution >= 4 is 35.4 Å². The van der Waals surface area contributed by atoms with Gasteiger partial charge in [0.05, 0.1) is 17.9 Å². The van der Waals surface area contributed by atoms with Gasteiger partial charge in [0.25, 0.3) is 5.91 Å². The van der Waals surface area contributed by atoms with Crippen LogP contribution in [0, 0.1) is 13.8 Å². The van der Waals surface area contributed by atoms with E-state index in [1.807, 2.05) is 6.26 Å². The number of amides is 1. The predicted molar refractivity (Wildman–Crippen MR) is 127 cm³/mol. The molecule has 0 saturated carbocycles. The molecule has 1 aromatic heterocycles. The Bertz CT molecular complexity index is 1000. The number of H-pyrrole nitrogens is 1. The zero-order chi connectivity index (χ0) is 24.5. The van der Waals surface area contributed by atoms with E-state index in [1.54, 1.807) is 51.1 Å². The normalized spacial score (nSPS) is 12.5. The predicted octanol–water partition coefficient (Wildman–Crippen LogP) is 3.47. The Balaban J connectivity index is 2.14. The van der Waals surface area contributed by atoms with E-state index < -0.39 is 35.8 Å². The first-order chi connectivity index (χ1) is 15.7. The van der Waals surface area contributed by atoms with E-state index in [2.05, 4.69) is 10.3 Å². The average Bonchev–Trinajstić information content (AvgIpc) is 3.10. The summed E-state index contributed by atoms with van der Waals surface area (Å²) in [5.41, 5.74) is 1.85. The summed E-state index contributed by atoms with van der Waals surface area (Å²) in [5, 5.41) is 2.70. The second-order valence-electron chi connectivity index (χ2n) is 7.46. The molecular formula is C24H30N2O6S. The van der Waals surface area contributed by atoms with Crippen molar-refractivity contribution in [3.63, 3.8) is 0 Å². The molecule has 178 valence electrons. The number of hydrogen-bond acceptors (Lipinski definition) is 7. The molecule has 1 amide bonds. The number of aryl methyl sites for hydroxylation is 1. The van der Waals surface area contributed by atoms with E-state index in [0.717, 1.165) is 0 Å². The van der Waals surface area contributed by atoms with Crippen LogP contribution >= 0.6 is 11.8 Å². The number of aromatic nitrogens is 1. The van der Waals surface area contributed by atoms with Gasteiger partial charge < -0.3 is 19.8 Å². The molecule has 0 aliphatic heterocycles. The number of aromatic amines is 1. The minimum Gasteiger partial charge on any atom is -0.462 e. The van der Waals surface area contributed by atoms with Crippen molar-refractivity contribution in [2.45, 2.75) is 46.3 Å². The van der Waals surface area contributed by atoms with E-state index >= 15 is 0 Å². The lowest BCUT2D eigenvalue weighted by molar-refractivity contribution is -0.148. The van der Waals surface area contributed by atoms with Gasteiger partial charge in [-0.05, 0) is 63.8 Å². The summed E-state index contributed by atoms with van der Waals surface area (Å²) in [4.78, 5) is 53.4. The maximum Gasteiger partial charge on any atom is 0.340 e. The first kappa shape index (κ1) is 26.2. The highest BCUT2D eigenvalue weighted by Gasteiger charge is 2.30. The molecular weight excluding hydrogens is 444 g/mol. The van der Waals surface area contributed by atoms with Crippen LogP contribution in [0.2, 0.25) is 0 Å². The molecule has 0 unspecified atom stereocenters. The molecule has 0 aliphatic rings. The van der Waals surface area contributed by atoms with E-state index in [9.17, 15) is 19.2 Å². The van der Waals surface area contributed by atoms with Crippen LogP contribution in [-0.2, 0) is 14.3 Å². The number of nitrogens with one attached hydrogen (secondary N) is 2. The van der Waals surface area contributed by atoms with Crippen LogP contribution in [0.15, 0.2) is 30.3 Å². The highest BCUT2D eigenvalue weighted by Crippen LogP contribution is 2.21. The van der Waals surface area contributed by atoms with Crippen molar-refractivity contribution in [1.29, 1.82) is 0 Å². The molecule has 1 aromatic carbocycles. The fraction of sp³-hybridized carbons (Fsp3) is 0.417. The Labute approximate surface area is 197 Å². The number of carbonyl (C=O) groups excluding carboxylic acids is 4. The van der Waals surface area contributed by atoms with Gasteiger partial charge in [0.15, 0.2) is 6.10 Å². The largest absolute Gasteiger partial charge is 0.462 e. The smallest absolute Gasteiger partial charge is 0.340 e. The summed E-state index contributed by atoms with van der Waals surface area (Å²) in [5.74, 6) is -1.46. The van der Waals surface area contributed by atoms with E-state index in [1.165, 1.54) is 18.7 Å². The van der Waals surface area contributed by atoms with Crippen LogP contribution in [0.25, 0.3) is 0 Å². The molecule has 0 aliphatic carbocycles. The SMILES string of the molecule is CCOC(=O)c1c(C)[nH]c(C(=O)[C@H](C)OC(=O)[C@@H](CCSC)NC(=O)c2ccccc2)c1C. The first-order valence-electron chi connectivity index (χ1n) is 10.7. The number of ketones is 1. The highest BCUT2D eigenvalue weighted by atomic mass is 32.2. The number of rotatable bonds is 11. The van der Waals surface area contributed by atoms with Crippen LogP contribution in [-0.4, -0.2) is 59.4 Å². The fourth-order valence-corrected chi connectivity index (χ4v) is 3.81. The third-order valence-electron chi connectivity index (χ3n) is 5.06. The number of ether oxygens (including phenoxy) is 2. The average molecular weight is 475 g/mol. The monoisotopic (exact) mass is 474 g/mol. The first-order valence-corrected chi connectivity index (χ1v) is 12.1. The number of Topliss-reactive ketones (excluding diaryl/α,β-unsaturated/α-hetero) is 1. The topological polar surface area (TPSA) is 115 Å². The molecule has 2 aromatic rings.